The lowest BCUT2D eigenvalue weighted by Gasteiger charge is -2.09. The SMILES string of the molecule is CC(C)Oc1ccc(C2=NC(=Cc3cccc(C#N)c3)C(=O)O2)cc1. The van der Waals surface area contributed by atoms with Crippen LogP contribution in [0.5, 0.6) is 5.75 Å². The number of hydrogen-bond donors (Lipinski definition) is 0. The molecule has 0 radical (unpaired) electrons. The quantitative estimate of drug-likeness (QED) is 0.632. The van der Waals surface area contributed by atoms with Crippen LogP contribution < -0.4 is 4.74 Å². The molecule has 0 N–H and O–H groups in total. The maximum atomic E-state index is 12.0. The fourth-order valence-corrected chi connectivity index (χ4v) is 2.34. The van der Waals surface area contributed by atoms with Crippen LogP contribution in [-0.2, 0) is 9.53 Å². The molecule has 0 amide bonds. The van der Waals surface area contributed by atoms with Gasteiger partial charge in [-0.1, -0.05) is 12.1 Å². The van der Waals surface area contributed by atoms with Crippen molar-refractivity contribution in [2.45, 2.75) is 20.0 Å². The number of ether oxygens (including phenoxy) is 2. The molecule has 2 aromatic rings. The van der Waals surface area contributed by atoms with Crippen LogP contribution in [-0.4, -0.2) is 18.0 Å². The number of aliphatic imine (C=N–C) groups is 1. The Morgan fingerprint density at radius 1 is 1.20 bits per heavy atom. The van der Waals surface area contributed by atoms with Crippen LogP contribution in [0.1, 0.15) is 30.5 Å². The zero-order valence-electron chi connectivity index (χ0n) is 13.9. The van der Waals surface area contributed by atoms with Crippen LogP contribution in [0.4, 0.5) is 0 Å². The second-order valence-electron chi connectivity index (χ2n) is 5.76. The van der Waals surface area contributed by atoms with Crippen molar-refractivity contribution >= 4 is 17.9 Å². The average molecular weight is 332 g/mol. The number of esters is 1. The summed E-state index contributed by atoms with van der Waals surface area (Å²) in [5.41, 5.74) is 2.13. The fraction of sp³-hybridized carbons (Fsp3) is 0.150. The van der Waals surface area contributed by atoms with Gasteiger partial charge in [0.05, 0.1) is 17.7 Å². The number of rotatable bonds is 4. The summed E-state index contributed by atoms with van der Waals surface area (Å²) in [6.07, 6.45) is 1.69. The first-order valence-corrected chi connectivity index (χ1v) is 7.85. The molecule has 1 aliphatic rings. The van der Waals surface area contributed by atoms with Gasteiger partial charge in [-0.2, -0.15) is 5.26 Å². The largest absolute Gasteiger partial charge is 0.491 e. The predicted molar refractivity (Wildman–Crippen MR) is 94.0 cm³/mol. The highest BCUT2D eigenvalue weighted by atomic mass is 16.6. The molecule has 124 valence electrons. The highest BCUT2D eigenvalue weighted by Crippen LogP contribution is 2.21. The Hall–Kier alpha value is -3.39. The molecular weight excluding hydrogens is 316 g/mol. The summed E-state index contributed by atoms with van der Waals surface area (Å²) in [5.74, 6) is 0.483. The molecule has 0 spiro atoms. The Morgan fingerprint density at radius 2 is 1.96 bits per heavy atom. The Balaban J connectivity index is 1.84. The summed E-state index contributed by atoms with van der Waals surface area (Å²) >= 11 is 0. The number of nitriles is 1. The smallest absolute Gasteiger partial charge is 0.363 e. The number of cyclic esters (lactones) is 1. The van der Waals surface area contributed by atoms with Gasteiger partial charge in [0.25, 0.3) is 0 Å². The first-order valence-electron chi connectivity index (χ1n) is 7.85. The summed E-state index contributed by atoms with van der Waals surface area (Å²) in [6, 6.07) is 16.2. The Kier molecular flexibility index (Phi) is 4.62. The van der Waals surface area contributed by atoms with Crippen molar-refractivity contribution in [2.24, 2.45) is 4.99 Å². The topological polar surface area (TPSA) is 71.7 Å². The van der Waals surface area contributed by atoms with Crippen molar-refractivity contribution in [3.05, 3.63) is 70.9 Å². The van der Waals surface area contributed by atoms with Gasteiger partial charge in [0.15, 0.2) is 5.70 Å². The van der Waals surface area contributed by atoms with Gasteiger partial charge in [0.1, 0.15) is 5.75 Å². The van der Waals surface area contributed by atoms with Crippen molar-refractivity contribution in [1.82, 2.24) is 0 Å². The average Bonchev–Trinajstić information content (AvgIpc) is 2.96. The summed E-state index contributed by atoms with van der Waals surface area (Å²) in [4.78, 5) is 16.3. The first kappa shape index (κ1) is 16.5. The zero-order valence-corrected chi connectivity index (χ0v) is 13.9. The Morgan fingerprint density at radius 3 is 2.64 bits per heavy atom. The van der Waals surface area contributed by atoms with Gasteiger partial charge in [0.2, 0.25) is 5.90 Å². The van der Waals surface area contributed by atoms with Crippen LogP contribution in [0.15, 0.2) is 59.2 Å². The van der Waals surface area contributed by atoms with E-state index >= 15 is 0 Å². The monoisotopic (exact) mass is 332 g/mol. The van der Waals surface area contributed by atoms with Gasteiger partial charge in [-0.15, -0.1) is 0 Å². The molecule has 2 aromatic carbocycles. The van der Waals surface area contributed by atoms with E-state index in [2.05, 4.69) is 11.1 Å². The van der Waals surface area contributed by atoms with Gasteiger partial charge in [0, 0.05) is 5.56 Å². The maximum absolute atomic E-state index is 12.0. The van der Waals surface area contributed by atoms with Crippen LogP contribution in [0.25, 0.3) is 6.08 Å². The minimum atomic E-state index is -0.514. The molecule has 0 saturated carbocycles. The van der Waals surface area contributed by atoms with Crippen LogP contribution in [0.2, 0.25) is 0 Å². The van der Waals surface area contributed by atoms with Gasteiger partial charge in [-0.3, -0.25) is 0 Å². The van der Waals surface area contributed by atoms with E-state index < -0.39 is 5.97 Å². The van der Waals surface area contributed by atoms with Crippen LogP contribution >= 0.6 is 0 Å². The third-order valence-electron chi connectivity index (χ3n) is 3.41. The summed E-state index contributed by atoms with van der Waals surface area (Å²) in [5, 5.41) is 8.94. The Bertz CT molecular complexity index is 903. The first-order chi connectivity index (χ1) is 12.0. The van der Waals surface area contributed by atoms with Crippen molar-refractivity contribution in [1.29, 1.82) is 5.26 Å². The number of hydrogen-bond acceptors (Lipinski definition) is 5. The lowest BCUT2D eigenvalue weighted by molar-refractivity contribution is -0.129. The molecule has 3 rings (SSSR count). The molecular formula is C20H16N2O3. The number of benzene rings is 2. The summed E-state index contributed by atoms with van der Waals surface area (Å²) in [7, 11) is 0. The second kappa shape index (κ2) is 7.02. The molecule has 0 aliphatic carbocycles. The number of carbonyl (C=O) groups excluding carboxylic acids is 1. The molecule has 0 saturated heterocycles. The zero-order chi connectivity index (χ0) is 17.8. The Labute approximate surface area is 145 Å². The third kappa shape index (κ3) is 3.93. The predicted octanol–water partition coefficient (Wildman–Crippen LogP) is 3.69. The van der Waals surface area contributed by atoms with E-state index in [0.717, 1.165) is 11.3 Å². The number of nitrogens with zero attached hydrogens (tertiary/aromatic N) is 2. The summed E-state index contributed by atoms with van der Waals surface area (Å²) in [6.45, 7) is 3.91. The molecule has 0 bridgehead atoms. The van der Waals surface area contributed by atoms with E-state index in [4.69, 9.17) is 14.7 Å². The molecule has 1 aliphatic heterocycles. The van der Waals surface area contributed by atoms with Gasteiger partial charge >= 0.3 is 5.97 Å². The van der Waals surface area contributed by atoms with Crippen molar-refractivity contribution in [3.63, 3.8) is 0 Å². The van der Waals surface area contributed by atoms with E-state index in [9.17, 15) is 4.79 Å². The van der Waals surface area contributed by atoms with Crippen molar-refractivity contribution in [3.8, 4) is 11.8 Å². The van der Waals surface area contributed by atoms with Gasteiger partial charge < -0.3 is 9.47 Å². The van der Waals surface area contributed by atoms with Gasteiger partial charge in [-0.25, -0.2) is 9.79 Å². The maximum Gasteiger partial charge on any atom is 0.363 e. The third-order valence-corrected chi connectivity index (χ3v) is 3.41. The molecule has 0 aromatic heterocycles. The normalized spacial score (nSPS) is 15.0. The van der Waals surface area contributed by atoms with E-state index in [-0.39, 0.29) is 17.7 Å². The highest BCUT2D eigenvalue weighted by molar-refractivity contribution is 6.12. The highest BCUT2D eigenvalue weighted by Gasteiger charge is 2.24. The molecule has 5 heteroatoms. The molecule has 1 heterocycles. The van der Waals surface area contributed by atoms with Crippen molar-refractivity contribution < 1.29 is 14.3 Å². The molecule has 5 nitrogen and oxygen atoms in total. The lowest BCUT2D eigenvalue weighted by atomic mass is 10.1. The van der Waals surface area contributed by atoms with Crippen LogP contribution in [0, 0.1) is 11.3 Å². The second-order valence-corrected chi connectivity index (χ2v) is 5.76. The minimum absolute atomic E-state index is 0.0891. The standard InChI is InChI=1S/C20H16N2O3/c1-13(2)24-17-8-6-16(7-9-17)19-22-18(20(23)25-19)11-14-4-3-5-15(10-14)12-21/h3-11,13H,1-2H3. The summed E-state index contributed by atoms with van der Waals surface area (Å²) < 4.78 is 10.8. The minimum Gasteiger partial charge on any atom is -0.491 e. The molecule has 0 unspecified atom stereocenters. The number of carbonyl (C=O) groups is 1. The lowest BCUT2D eigenvalue weighted by Crippen LogP contribution is -2.07. The van der Waals surface area contributed by atoms with E-state index in [1.165, 1.54) is 0 Å². The van der Waals surface area contributed by atoms with Gasteiger partial charge in [-0.05, 0) is 61.9 Å². The fourth-order valence-electron chi connectivity index (χ4n) is 2.34. The van der Waals surface area contributed by atoms with Crippen LogP contribution in [0.3, 0.4) is 0 Å². The van der Waals surface area contributed by atoms with E-state index in [1.54, 1.807) is 42.5 Å². The van der Waals surface area contributed by atoms with E-state index in [0.29, 0.717) is 11.1 Å². The van der Waals surface area contributed by atoms with Crippen molar-refractivity contribution in [2.75, 3.05) is 0 Å². The molecule has 25 heavy (non-hydrogen) atoms. The molecule has 0 atom stereocenters. The van der Waals surface area contributed by atoms with E-state index in [1.807, 2.05) is 26.0 Å². The molecule has 0 fully saturated rings.